The number of carbonyl (C=O) groups excluding carboxylic acids is 1. The second kappa shape index (κ2) is 14.5. The highest BCUT2D eigenvalue weighted by atomic mass is 16.3. The molecule has 0 aliphatic rings. The van der Waals surface area contributed by atoms with Crippen LogP contribution in [0, 0.1) is 0 Å². The van der Waals surface area contributed by atoms with E-state index in [-0.39, 0.29) is 11.7 Å². The maximum atomic E-state index is 11.7. The van der Waals surface area contributed by atoms with Crippen LogP contribution in [0.3, 0.4) is 0 Å². The minimum absolute atomic E-state index is 0.0362. The number of aromatic hydroxyl groups is 1. The smallest absolute Gasteiger partial charge is 0.240 e. The van der Waals surface area contributed by atoms with Crippen LogP contribution in [-0.2, 0) is 4.79 Å². The van der Waals surface area contributed by atoms with Gasteiger partial charge in [0.1, 0.15) is 5.75 Å². The summed E-state index contributed by atoms with van der Waals surface area (Å²) in [5.41, 5.74) is 3.39. The van der Waals surface area contributed by atoms with E-state index in [0.717, 1.165) is 18.4 Å². The van der Waals surface area contributed by atoms with Crippen molar-refractivity contribution >= 4 is 12.1 Å². The Kier molecular flexibility index (Phi) is 12.3. The van der Waals surface area contributed by atoms with E-state index in [1.165, 1.54) is 57.8 Å². The van der Waals surface area contributed by atoms with Crippen LogP contribution in [0.1, 0.15) is 89.5 Å². The molecule has 4 nitrogen and oxygen atoms in total. The van der Waals surface area contributed by atoms with Gasteiger partial charge in [-0.3, -0.25) is 4.79 Å². The molecule has 0 fully saturated rings. The summed E-state index contributed by atoms with van der Waals surface area (Å²) in [4.78, 5) is 11.7. The highest BCUT2D eigenvalue weighted by Crippen LogP contribution is 2.12. The maximum absolute atomic E-state index is 11.7. The van der Waals surface area contributed by atoms with Gasteiger partial charge in [0.15, 0.2) is 0 Å². The number of hydrogen-bond acceptors (Lipinski definition) is 3. The SMILES string of the molecule is CCCCCCCCCCCCCC(=O)N/N=C\c1ccc(O)cc1. The average Bonchev–Trinajstić information content (AvgIpc) is 2.61. The largest absolute Gasteiger partial charge is 0.508 e. The van der Waals surface area contributed by atoms with Gasteiger partial charge in [0, 0.05) is 6.42 Å². The standard InChI is InChI=1S/C21H34N2O2/c1-2-3-4-5-6-7-8-9-10-11-12-13-21(25)23-22-18-19-14-16-20(24)17-15-19/h14-18,24H,2-13H2,1H3,(H,23,25)/b22-18-. The van der Waals surface area contributed by atoms with Gasteiger partial charge in [0.05, 0.1) is 6.21 Å². The molecular formula is C21H34N2O2. The summed E-state index contributed by atoms with van der Waals surface area (Å²) in [6, 6.07) is 6.67. The number of phenolic OH excluding ortho intramolecular Hbond substituents is 1. The normalized spacial score (nSPS) is 11.1. The molecule has 0 aliphatic carbocycles. The Bertz CT molecular complexity index is 483. The van der Waals surface area contributed by atoms with Gasteiger partial charge in [-0.25, -0.2) is 5.43 Å². The van der Waals surface area contributed by atoms with Crippen molar-refractivity contribution in [2.24, 2.45) is 5.10 Å². The molecule has 140 valence electrons. The van der Waals surface area contributed by atoms with Crippen molar-refractivity contribution in [3.05, 3.63) is 29.8 Å². The summed E-state index contributed by atoms with van der Waals surface area (Å²) in [7, 11) is 0. The minimum atomic E-state index is -0.0362. The number of carbonyl (C=O) groups is 1. The fourth-order valence-corrected chi connectivity index (χ4v) is 2.74. The van der Waals surface area contributed by atoms with Crippen LogP contribution in [0.15, 0.2) is 29.4 Å². The zero-order chi connectivity index (χ0) is 18.2. The van der Waals surface area contributed by atoms with Crippen LogP contribution in [0.4, 0.5) is 0 Å². The number of hydrazone groups is 1. The monoisotopic (exact) mass is 346 g/mol. The molecule has 0 saturated heterocycles. The van der Waals surface area contributed by atoms with E-state index >= 15 is 0 Å². The Balaban J connectivity index is 1.92. The van der Waals surface area contributed by atoms with Gasteiger partial charge in [-0.05, 0) is 36.2 Å². The van der Waals surface area contributed by atoms with Gasteiger partial charge in [0.25, 0.3) is 0 Å². The molecule has 1 amide bonds. The first-order valence-corrected chi connectivity index (χ1v) is 9.83. The first-order chi connectivity index (χ1) is 12.2. The molecule has 1 rings (SSSR count). The molecule has 0 unspecified atom stereocenters. The van der Waals surface area contributed by atoms with E-state index in [0.29, 0.717) is 6.42 Å². The lowest BCUT2D eigenvalue weighted by Gasteiger charge is -2.02. The van der Waals surface area contributed by atoms with Gasteiger partial charge < -0.3 is 5.11 Å². The highest BCUT2D eigenvalue weighted by molar-refractivity contribution is 5.82. The lowest BCUT2D eigenvalue weighted by molar-refractivity contribution is -0.121. The molecule has 25 heavy (non-hydrogen) atoms. The van der Waals surface area contributed by atoms with Crippen LogP contribution in [0.25, 0.3) is 0 Å². The van der Waals surface area contributed by atoms with E-state index in [1.807, 2.05) is 0 Å². The Morgan fingerprint density at radius 3 is 2.00 bits per heavy atom. The maximum Gasteiger partial charge on any atom is 0.240 e. The van der Waals surface area contributed by atoms with Gasteiger partial charge in [-0.2, -0.15) is 5.10 Å². The molecule has 0 aliphatic heterocycles. The molecule has 1 aromatic rings. The third kappa shape index (κ3) is 12.2. The number of amides is 1. The fourth-order valence-electron chi connectivity index (χ4n) is 2.74. The zero-order valence-electron chi connectivity index (χ0n) is 15.7. The fraction of sp³-hybridized carbons (Fsp3) is 0.619. The molecule has 0 aromatic heterocycles. The van der Waals surface area contributed by atoms with Crippen LogP contribution < -0.4 is 5.43 Å². The van der Waals surface area contributed by atoms with Gasteiger partial charge in [-0.1, -0.05) is 71.1 Å². The van der Waals surface area contributed by atoms with Crippen molar-refractivity contribution in [3.8, 4) is 5.75 Å². The first kappa shape index (κ1) is 21.2. The molecule has 0 heterocycles. The van der Waals surface area contributed by atoms with Crippen molar-refractivity contribution < 1.29 is 9.90 Å². The van der Waals surface area contributed by atoms with Gasteiger partial charge in [-0.15, -0.1) is 0 Å². The summed E-state index contributed by atoms with van der Waals surface area (Å²) in [5.74, 6) is 0.184. The number of nitrogens with zero attached hydrogens (tertiary/aromatic N) is 1. The number of unbranched alkanes of at least 4 members (excludes halogenated alkanes) is 10. The van der Waals surface area contributed by atoms with Crippen LogP contribution in [0.5, 0.6) is 5.75 Å². The van der Waals surface area contributed by atoms with E-state index < -0.39 is 0 Å². The summed E-state index contributed by atoms with van der Waals surface area (Å²) >= 11 is 0. The lowest BCUT2D eigenvalue weighted by atomic mass is 10.1. The molecule has 2 N–H and O–H groups in total. The summed E-state index contributed by atoms with van der Waals surface area (Å²) in [5, 5.41) is 13.1. The van der Waals surface area contributed by atoms with E-state index in [2.05, 4.69) is 17.5 Å². The van der Waals surface area contributed by atoms with Crippen molar-refractivity contribution in [3.63, 3.8) is 0 Å². The van der Waals surface area contributed by atoms with E-state index in [4.69, 9.17) is 0 Å². The van der Waals surface area contributed by atoms with Crippen LogP contribution >= 0.6 is 0 Å². The molecule has 0 spiro atoms. The average molecular weight is 347 g/mol. The van der Waals surface area contributed by atoms with Gasteiger partial charge >= 0.3 is 0 Å². The molecule has 0 atom stereocenters. The molecule has 0 bridgehead atoms. The van der Waals surface area contributed by atoms with Crippen LogP contribution in [0.2, 0.25) is 0 Å². The topological polar surface area (TPSA) is 61.7 Å². The van der Waals surface area contributed by atoms with Crippen molar-refractivity contribution in [1.82, 2.24) is 5.43 Å². The zero-order valence-corrected chi connectivity index (χ0v) is 15.7. The van der Waals surface area contributed by atoms with E-state index in [1.54, 1.807) is 30.5 Å². The van der Waals surface area contributed by atoms with Crippen molar-refractivity contribution in [2.45, 2.75) is 84.0 Å². The number of phenols is 1. The summed E-state index contributed by atoms with van der Waals surface area (Å²) in [6.07, 6.45) is 16.2. The number of benzene rings is 1. The predicted octanol–water partition coefficient (Wildman–Crippen LogP) is 5.54. The molecular weight excluding hydrogens is 312 g/mol. The lowest BCUT2D eigenvalue weighted by Crippen LogP contribution is -2.16. The Hall–Kier alpha value is -1.84. The molecule has 0 saturated carbocycles. The predicted molar refractivity (Wildman–Crippen MR) is 105 cm³/mol. The highest BCUT2D eigenvalue weighted by Gasteiger charge is 1.99. The van der Waals surface area contributed by atoms with E-state index in [9.17, 15) is 9.90 Å². The second-order valence-corrected chi connectivity index (χ2v) is 6.67. The van der Waals surface area contributed by atoms with Gasteiger partial charge in [0.2, 0.25) is 5.91 Å². The molecule has 1 aromatic carbocycles. The second-order valence-electron chi connectivity index (χ2n) is 6.67. The quantitative estimate of drug-likeness (QED) is 0.264. The summed E-state index contributed by atoms with van der Waals surface area (Å²) in [6.45, 7) is 2.25. The minimum Gasteiger partial charge on any atom is -0.508 e. The first-order valence-electron chi connectivity index (χ1n) is 9.83. The third-order valence-electron chi connectivity index (χ3n) is 4.30. The Labute approximate surface area is 152 Å². The number of nitrogens with one attached hydrogen (secondary N) is 1. The Morgan fingerprint density at radius 1 is 0.920 bits per heavy atom. The summed E-state index contributed by atoms with van der Waals surface area (Å²) < 4.78 is 0. The molecule has 4 heteroatoms. The Morgan fingerprint density at radius 2 is 1.44 bits per heavy atom. The van der Waals surface area contributed by atoms with Crippen LogP contribution in [-0.4, -0.2) is 17.2 Å². The molecule has 0 radical (unpaired) electrons. The van der Waals surface area contributed by atoms with Crippen molar-refractivity contribution in [1.29, 1.82) is 0 Å². The number of rotatable bonds is 14. The number of hydrogen-bond donors (Lipinski definition) is 2. The third-order valence-corrected chi connectivity index (χ3v) is 4.30. The van der Waals surface area contributed by atoms with Crippen molar-refractivity contribution in [2.75, 3.05) is 0 Å².